The highest BCUT2D eigenvalue weighted by atomic mass is 32.2. The zero-order valence-corrected chi connectivity index (χ0v) is 18.0. The molecule has 25 heavy (non-hydrogen) atoms. The van der Waals surface area contributed by atoms with Crippen LogP contribution in [-0.4, -0.2) is 61.2 Å². The SMILES string of the molecule is CSC1CCC(NCC2CCCS2)NC1C1CCC(S(C)(=O)=O)CC1. The Hall–Kier alpha value is 0.570. The van der Waals surface area contributed by atoms with Crippen LogP contribution in [0.2, 0.25) is 0 Å². The summed E-state index contributed by atoms with van der Waals surface area (Å²) in [6.07, 6.45) is 13.1. The molecule has 0 aromatic rings. The lowest BCUT2D eigenvalue weighted by atomic mass is 9.80. The van der Waals surface area contributed by atoms with Gasteiger partial charge in [-0.3, -0.25) is 5.32 Å². The van der Waals surface area contributed by atoms with Crippen LogP contribution in [0.1, 0.15) is 51.4 Å². The van der Waals surface area contributed by atoms with Crippen molar-refractivity contribution in [2.75, 3.05) is 24.8 Å². The van der Waals surface area contributed by atoms with Crippen LogP contribution in [-0.2, 0) is 9.84 Å². The minimum atomic E-state index is -2.87. The number of hydrogen-bond acceptors (Lipinski definition) is 6. The van der Waals surface area contributed by atoms with Gasteiger partial charge in [0.1, 0.15) is 9.84 Å². The van der Waals surface area contributed by atoms with Crippen LogP contribution in [0.15, 0.2) is 0 Å². The van der Waals surface area contributed by atoms with E-state index in [1.54, 1.807) is 0 Å². The molecule has 7 heteroatoms. The van der Waals surface area contributed by atoms with Crippen molar-refractivity contribution in [3.63, 3.8) is 0 Å². The van der Waals surface area contributed by atoms with Gasteiger partial charge in [-0.15, -0.1) is 0 Å². The summed E-state index contributed by atoms with van der Waals surface area (Å²) < 4.78 is 23.6. The molecule has 3 fully saturated rings. The van der Waals surface area contributed by atoms with Gasteiger partial charge >= 0.3 is 0 Å². The Morgan fingerprint density at radius 1 is 1.12 bits per heavy atom. The highest BCUT2D eigenvalue weighted by Gasteiger charge is 2.38. The fraction of sp³-hybridized carbons (Fsp3) is 1.00. The predicted molar refractivity (Wildman–Crippen MR) is 111 cm³/mol. The average Bonchev–Trinajstić information content (AvgIpc) is 3.12. The maximum absolute atomic E-state index is 11.8. The van der Waals surface area contributed by atoms with E-state index in [2.05, 4.69) is 28.7 Å². The molecule has 0 amide bonds. The van der Waals surface area contributed by atoms with Gasteiger partial charge in [0, 0.05) is 29.3 Å². The molecule has 2 aliphatic heterocycles. The summed E-state index contributed by atoms with van der Waals surface area (Å²) in [6, 6.07) is 0.526. The molecule has 0 aromatic carbocycles. The van der Waals surface area contributed by atoms with Crippen molar-refractivity contribution >= 4 is 33.4 Å². The van der Waals surface area contributed by atoms with Crippen LogP contribution in [0, 0.1) is 5.92 Å². The van der Waals surface area contributed by atoms with Crippen molar-refractivity contribution < 1.29 is 8.42 Å². The molecule has 0 spiro atoms. The van der Waals surface area contributed by atoms with Gasteiger partial charge in [0.05, 0.1) is 11.4 Å². The van der Waals surface area contributed by atoms with Crippen molar-refractivity contribution in [1.82, 2.24) is 10.6 Å². The van der Waals surface area contributed by atoms with E-state index in [-0.39, 0.29) is 5.25 Å². The van der Waals surface area contributed by atoms with Crippen molar-refractivity contribution in [2.45, 2.75) is 79.3 Å². The molecule has 0 bridgehead atoms. The lowest BCUT2D eigenvalue weighted by Crippen LogP contribution is -2.58. The third-order valence-electron chi connectivity index (χ3n) is 6.28. The Bertz CT molecular complexity index is 514. The van der Waals surface area contributed by atoms with E-state index >= 15 is 0 Å². The first-order valence-corrected chi connectivity index (χ1v) is 14.1. The lowest BCUT2D eigenvalue weighted by molar-refractivity contribution is 0.196. The Labute approximate surface area is 162 Å². The molecule has 3 aliphatic rings. The van der Waals surface area contributed by atoms with E-state index in [9.17, 15) is 8.42 Å². The Morgan fingerprint density at radius 3 is 2.48 bits per heavy atom. The molecule has 3 rings (SSSR count). The first kappa shape index (κ1) is 20.3. The van der Waals surface area contributed by atoms with Gasteiger partial charge in [-0.05, 0) is 69.3 Å². The van der Waals surface area contributed by atoms with Crippen molar-refractivity contribution in [3.8, 4) is 0 Å². The van der Waals surface area contributed by atoms with Crippen LogP contribution in [0.3, 0.4) is 0 Å². The van der Waals surface area contributed by atoms with E-state index in [1.165, 1.54) is 37.7 Å². The van der Waals surface area contributed by atoms with E-state index in [0.29, 0.717) is 23.4 Å². The number of sulfone groups is 1. The molecule has 4 nitrogen and oxygen atoms in total. The zero-order chi connectivity index (χ0) is 17.9. The largest absolute Gasteiger partial charge is 0.301 e. The third kappa shape index (κ3) is 5.53. The highest BCUT2D eigenvalue weighted by molar-refractivity contribution is 8.00. The summed E-state index contributed by atoms with van der Waals surface area (Å²) in [7, 11) is -2.87. The molecule has 2 N–H and O–H groups in total. The fourth-order valence-electron chi connectivity index (χ4n) is 4.75. The maximum atomic E-state index is 11.8. The summed E-state index contributed by atoms with van der Waals surface area (Å²) in [5.74, 6) is 1.95. The molecule has 1 aliphatic carbocycles. The minimum Gasteiger partial charge on any atom is -0.301 e. The highest BCUT2D eigenvalue weighted by Crippen LogP contribution is 2.36. The number of thioether (sulfide) groups is 2. The van der Waals surface area contributed by atoms with Gasteiger partial charge in [-0.2, -0.15) is 23.5 Å². The topological polar surface area (TPSA) is 58.2 Å². The molecule has 146 valence electrons. The molecule has 2 heterocycles. The van der Waals surface area contributed by atoms with Gasteiger partial charge in [-0.1, -0.05) is 0 Å². The first-order chi connectivity index (χ1) is 12.0. The van der Waals surface area contributed by atoms with E-state index in [4.69, 9.17) is 0 Å². The van der Waals surface area contributed by atoms with Crippen LogP contribution >= 0.6 is 23.5 Å². The second-order valence-corrected chi connectivity index (χ2v) is 12.8. The van der Waals surface area contributed by atoms with E-state index < -0.39 is 9.84 Å². The molecule has 4 unspecified atom stereocenters. The third-order valence-corrected chi connectivity index (χ3v) is 10.5. The summed E-state index contributed by atoms with van der Waals surface area (Å²) in [5.41, 5.74) is 0. The Balaban J connectivity index is 1.52. The van der Waals surface area contributed by atoms with Crippen LogP contribution in [0.25, 0.3) is 0 Å². The molecular weight excluding hydrogens is 372 g/mol. The van der Waals surface area contributed by atoms with Crippen LogP contribution in [0.5, 0.6) is 0 Å². The van der Waals surface area contributed by atoms with Gasteiger partial charge in [0.2, 0.25) is 0 Å². The maximum Gasteiger partial charge on any atom is 0.150 e. The normalized spacial score (nSPS) is 40.2. The number of rotatable bonds is 6. The summed E-state index contributed by atoms with van der Waals surface area (Å²) in [4.78, 5) is 0. The second-order valence-electron chi connectivity index (χ2n) is 8.01. The van der Waals surface area contributed by atoms with Gasteiger partial charge < -0.3 is 5.32 Å². The molecule has 2 saturated heterocycles. The average molecular weight is 407 g/mol. The quantitative estimate of drug-likeness (QED) is 0.707. The molecule has 0 radical (unpaired) electrons. The van der Waals surface area contributed by atoms with Gasteiger partial charge in [0.25, 0.3) is 0 Å². The summed E-state index contributed by atoms with van der Waals surface area (Å²) >= 11 is 4.10. The van der Waals surface area contributed by atoms with Crippen molar-refractivity contribution in [1.29, 1.82) is 0 Å². The standard InChI is InChI=1S/C18H34N2O2S3/c1-23-16-9-10-17(19-12-14-4-3-11-24-14)20-18(16)13-5-7-15(8-6-13)25(2,21)22/h13-20H,3-12H2,1-2H3. The van der Waals surface area contributed by atoms with Crippen molar-refractivity contribution in [2.24, 2.45) is 5.92 Å². The van der Waals surface area contributed by atoms with Gasteiger partial charge in [0.15, 0.2) is 0 Å². The van der Waals surface area contributed by atoms with Crippen LogP contribution < -0.4 is 10.6 Å². The first-order valence-electron chi connectivity index (χ1n) is 9.80. The molecule has 1 saturated carbocycles. The Morgan fingerprint density at radius 2 is 1.88 bits per heavy atom. The van der Waals surface area contributed by atoms with Crippen LogP contribution in [0.4, 0.5) is 0 Å². The molecular formula is C18H34N2O2S3. The smallest absolute Gasteiger partial charge is 0.150 e. The second kappa shape index (κ2) is 9.18. The fourth-order valence-corrected chi connectivity index (χ4v) is 8.06. The number of piperidine rings is 1. The summed E-state index contributed by atoms with van der Waals surface area (Å²) in [6.45, 7) is 1.12. The molecule has 4 atom stereocenters. The predicted octanol–water partition coefficient (Wildman–Crippen LogP) is 2.88. The van der Waals surface area contributed by atoms with Crippen molar-refractivity contribution in [3.05, 3.63) is 0 Å². The zero-order valence-electron chi connectivity index (χ0n) is 15.6. The number of hydrogen-bond donors (Lipinski definition) is 2. The summed E-state index contributed by atoms with van der Waals surface area (Å²) in [5, 5.41) is 9.04. The minimum absolute atomic E-state index is 0.103. The Kier molecular flexibility index (Phi) is 7.45. The lowest BCUT2D eigenvalue weighted by Gasteiger charge is -2.43. The van der Waals surface area contributed by atoms with E-state index in [1.807, 2.05) is 11.8 Å². The van der Waals surface area contributed by atoms with Gasteiger partial charge in [-0.25, -0.2) is 8.42 Å². The van der Waals surface area contributed by atoms with E-state index in [0.717, 1.165) is 37.5 Å². The monoisotopic (exact) mass is 406 g/mol. The number of nitrogens with one attached hydrogen (secondary N) is 2. The molecule has 0 aromatic heterocycles.